The van der Waals surface area contributed by atoms with Gasteiger partial charge in [0.05, 0.1) is 10.5 Å². The molecule has 0 aliphatic carbocycles. The van der Waals surface area contributed by atoms with Gasteiger partial charge in [0.25, 0.3) is 5.91 Å². The summed E-state index contributed by atoms with van der Waals surface area (Å²) in [5.41, 5.74) is 1.64. The minimum Gasteiger partial charge on any atom is -0.350 e. The lowest BCUT2D eigenvalue weighted by Gasteiger charge is -2.22. The fourth-order valence-electron chi connectivity index (χ4n) is 1.98. The molecule has 22 heavy (non-hydrogen) atoms. The van der Waals surface area contributed by atoms with Gasteiger partial charge >= 0.3 is 5.76 Å². The lowest BCUT2D eigenvalue weighted by atomic mass is 10.2. The van der Waals surface area contributed by atoms with Crippen LogP contribution < -0.4 is 5.48 Å². The molecule has 0 saturated carbocycles. The molecule has 0 radical (unpaired) electrons. The summed E-state index contributed by atoms with van der Waals surface area (Å²) in [4.78, 5) is 16.3. The number of ether oxygens (including phenoxy) is 1. The van der Waals surface area contributed by atoms with Crippen LogP contribution in [0.25, 0.3) is 0 Å². The Bertz CT molecular complexity index is 629. The van der Waals surface area contributed by atoms with Gasteiger partial charge in [-0.15, -0.1) is 0 Å². The summed E-state index contributed by atoms with van der Waals surface area (Å²) in [5.74, 6) is -4.53. The van der Waals surface area contributed by atoms with Crippen molar-refractivity contribution in [3.8, 4) is 0 Å². The molecule has 1 aromatic carbocycles. The summed E-state index contributed by atoms with van der Waals surface area (Å²) in [6.45, 7) is 0.497. The highest BCUT2D eigenvalue weighted by Gasteiger charge is 2.31. The van der Waals surface area contributed by atoms with Crippen molar-refractivity contribution in [3.63, 3.8) is 0 Å². The number of carbonyl (C=O) groups excluding carboxylic acids is 1. The van der Waals surface area contributed by atoms with E-state index in [1.807, 2.05) is 5.48 Å². The zero-order chi connectivity index (χ0) is 16.2. The number of hydrogen-bond acceptors (Lipinski definition) is 5. The molecule has 1 amide bonds. The maximum atomic E-state index is 12.6. The first-order valence-electron chi connectivity index (χ1n) is 6.61. The predicted molar refractivity (Wildman–Crippen MR) is 71.8 cm³/mol. The third-order valence-corrected chi connectivity index (χ3v) is 4.53. The van der Waals surface area contributed by atoms with Crippen LogP contribution in [-0.4, -0.2) is 33.0 Å². The molecule has 1 heterocycles. The van der Waals surface area contributed by atoms with Crippen molar-refractivity contribution < 1.29 is 31.6 Å². The maximum Gasteiger partial charge on any atom is 0.341 e. The molecule has 1 atom stereocenters. The first kappa shape index (κ1) is 16.8. The topological polar surface area (TPSA) is 81.7 Å². The monoisotopic (exact) mass is 335 g/mol. The summed E-state index contributed by atoms with van der Waals surface area (Å²) in [5, 5.41) is 0. The van der Waals surface area contributed by atoms with Gasteiger partial charge < -0.3 is 4.74 Å². The highest BCUT2D eigenvalue weighted by atomic mass is 32.2. The SMILES string of the molecule is O=C(NOC1CCCCO1)c1ccccc1S(=O)(=O)C(F)F. The van der Waals surface area contributed by atoms with E-state index in [2.05, 4.69) is 0 Å². The number of amides is 1. The predicted octanol–water partition coefficient (Wildman–Crippen LogP) is 1.87. The molecule has 1 aliphatic rings. The second-order valence-corrected chi connectivity index (χ2v) is 6.53. The average molecular weight is 335 g/mol. The summed E-state index contributed by atoms with van der Waals surface area (Å²) in [6.07, 6.45) is 1.72. The number of alkyl halides is 2. The number of nitrogens with one attached hydrogen (secondary N) is 1. The van der Waals surface area contributed by atoms with E-state index in [4.69, 9.17) is 9.57 Å². The van der Waals surface area contributed by atoms with Crippen molar-refractivity contribution in [2.24, 2.45) is 0 Å². The molecule has 0 spiro atoms. The van der Waals surface area contributed by atoms with E-state index >= 15 is 0 Å². The molecule has 122 valence electrons. The standard InChI is InChI=1S/C13H15F2NO5S/c14-13(15)22(18,19)10-6-2-1-5-9(10)12(17)16-21-11-7-3-4-8-20-11/h1-2,5-6,11,13H,3-4,7-8H2,(H,16,17). The van der Waals surface area contributed by atoms with Crippen LogP contribution in [0.15, 0.2) is 29.2 Å². The van der Waals surface area contributed by atoms with Crippen LogP contribution in [0.4, 0.5) is 8.78 Å². The van der Waals surface area contributed by atoms with E-state index < -0.39 is 38.3 Å². The zero-order valence-corrected chi connectivity index (χ0v) is 12.3. The van der Waals surface area contributed by atoms with Gasteiger partial charge in [0, 0.05) is 13.0 Å². The number of benzene rings is 1. The maximum absolute atomic E-state index is 12.6. The summed E-state index contributed by atoms with van der Waals surface area (Å²) >= 11 is 0. The van der Waals surface area contributed by atoms with Gasteiger partial charge in [-0.2, -0.15) is 8.78 Å². The minimum atomic E-state index is -4.88. The number of hydroxylamine groups is 1. The molecular formula is C13H15F2NO5S. The minimum absolute atomic E-state index is 0.404. The van der Waals surface area contributed by atoms with Gasteiger partial charge in [-0.3, -0.25) is 4.79 Å². The molecular weight excluding hydrogens is 320 g/mol. The third kappa shape index (κ3) is 3.79. The van der Waals surface area contributed by atoms with Gasteiger partial charge in [0.15, 0.2) is 6.29 Å². The molecule has 0 aromatic heterocycles. The molecule has 1 saturated heterocycles. The summed E-state index contributed by atoms with van der Waals surface area (Å²) in [7, 11) is -4.88. The molecule has 1 N–H and O–H groups in total. The Hall–Kier alpha value is -1.58. The molecule has 1 aromatic rings. The van der Waals surface area contributed by atoms with Gasteiger partial charge in [0.2, 0.25) is 9.84 Å². The van der Waals surface area contributed by atoms with Crippen molar-refractivity contribution in [1.29, 1.82) is 0 Å². The Morgan fingerprint density at radius 1 is 1.32 bits per heavy atom. The van der Waals surface area contributed by atoms with Gasteiger partial charge in [-0.25, -0.2) is 18.7 Å². The van der Waals surface area contributed by atoms with E-state index in [9.17, 15) is 22.0 Å². The Morgan fingerprint density at radius 3 is 2.68 bits per heavy atom. The highest BCUT2D eigenvalue weighted by Crippen LogP contribution is 2.22. The van der Waals surface area contributed by atoms with Crippen molar-refractivity contribution in [2.45, 2.75) is 36.2 Å². The number of halogens is 2. The molecule has 9 heteroatoms. The average Bonchev–Trinajstić information content (AvgIpc) is 2.53. The fourth-order valence-corrected chi connectivity index (χ4v) is 2.90. The van der Waals surface area contributed by atoms with Gasteiger partial charge in [0.1, 0.15) is 0 Å². The second kappa shape index (κ2) is 7.12. The van der Waals surface area contributed by atoms with E-state index in [0.717, 1.165) is 25.0 Å². The smallest absolute Gasteiger partial charge is 0.341 e. The largest absolute Gasteiger partial charge is 0.350 e. The molecule has 0 bridgehead atoms. The quantitative estimate of drug-likeness (QED) is 0.831. The molecule has 6 nitrogen and oxygen atoms in total. The highest BCUT2D eigenvalue weighted by molar-refractivity contribution is 7.91. The number of carbonyl (C=O) groups is 1. The number of rotatable bonds is 5. The van der Waals surface area contributed by atoms with E-state index in [-0.39, 0.29) is 0 Å². The van der Waals surface area contributed by atoms with Gasteiger partial charge in [-0.1, -0.05) is 12.1 Å². The zero-order valence-electron chi connectivity index (χ0n) is 11.5. The van der Waals surface area contributed by atoms with Crippen LogP contribution >= 0.6 is 0 Å². The van der Waals surface area contributed by atoms with Gasteiger partial charge in [-0.05, 0) is 25.0 Å². The lowest BCUT2D eigenvalue weighted by Crippen LogP contribution is -2.34. The van der Waals surface area contributed by atoms with Crippen molar-refractivity contribution in [2.75, 3.05) is 6.61 Å². The second-order valence-electron chi connectivity index (χ2n) is 4.65. The molecule has 1 fully saturated rings. The van der Waals surface area contributed by atoms with Crippen LogP contribution in [0, 0.1) is 0 Å². The van der Waals surface area contributed by atoms with Crippen LogP contribution in [-0.2, 0) is 19.4 Å². The van der Waals surface area contributed by atoms with Crippen LogP contribution in [0.3, 0.4) is 0 Å². The first-order chi connectivity index (χ1) is 10.4. The van der Waals surface area contributed by atoms with E-state index in [1.165, 1.54) is 12.1 Å². The Kier molecular flexibility index (Phi) is 5.43. The Balaban J connectivity index is 2.13. The third-order valence-electron chi connectivity index (χ3n) is 3.09. The van der Waals surface area contributed by atoms with Crippen molar-refractivity contribution in [1.82, 2.24) is 5.48 Å². The van der Waals surface area contributed by atoms with Crippen LogP contribution in [0.2, 0.25) is 0 Å². The van der Waals surface area contributed by atoms with Crippen molar-refractivity contribution in [3.05, 3.63) is 29.8 Å². The summed E-state index contributed by atoms with van der Waals surface area (Å²) < 4.78 is 53.7. The fraction of sp³-hybridized carbons (Fsp3) is 0.462. The number of hydrogen-bond donors (Lipinski definition) is 1. The van der Waals surface area contributed by atoms with Crippen LogP contribution in [0.5, 0.6) is 0 Å². The Morgan fingerprint density at radius 2 is 2.05 bits per heavy atom. The van der Waals surface area contributed by atoms with E-state index in [1.54, 1.807) is 0 Å². The normalized spacial score (nSPS) is 19.1. The molecule has 1 unspecified atom stereocenters. The number of sulfone groups is 1. The van der Waals surface area contributed by atoms with E-state index in [0.29, 0.717) is 13.0 Å². The molecule has 1 aliphatic heterocycles. The van der Waals surface area contributed by atoms with Crippen LogP contribution in [0.1, 0.15) is 29.6 Å². The first-order valence-corrected chi connectivity index (χ1v) is 8.16. The molecule has 2 rings (SSSR count). The Labute approximate surface area is 126 Å². The van der Waals surface area contributed by atoms with Crippen molar-refractivity contribution >= 4 is 15.7 Å². The summed E-state index contributed by atoms with van der Waals surface area (Å²) in [6, 6.07) is 4.72. The lowest BCUT2D eigenvalue weighted by molar-refractivity contribution is -0.186.